The molecule has 0 atom stereocenters. The summed E-state index contributed by atoms with van der Waals surface area (Å²) in [5, 5.41) is 8.91. The predicted molar refractivity (Wildman–Crippen MR) is 56.1 cm³/mol. The molecule has 0 heterocycles. The van der Waals surface area contributed by atoms with Gasteiger partial charge in [-0.25, -0.2) is 9.44 Å². The first-order chi connectivity index (χ1) is 6.33. The highest BCUT2D eigenvalue weighted by atomic mass is 32.2. The van der Waals surface area contributed by atoms with Gasteiger partial charge in [0.05, 0.1) is 0 Å². The second kappa shape index (κ2) is 5.65. The zero-order chi connectivity index (χ0) is 11.2. The van der Waals surface area contributed by atoms with Crippen molar-refractivity contribution in [2.24, 2.45) is 5.41 Å². The van der Waals surface area contributed by atoms with Crippen LogP contribution in [0, 0.1) is 5.41 Å². The average molecular weight is 224 g/mol. The van der Waals surface area contributed by atoms with E-state index >= 15 is 0 Å². The highest BCUT2D eigenvalue weighted by molar-refractivity contribution is 7.87. The van der Waals surface area contributed by atoms with E-state index in [0.29, 0.717) is 6.54 Å². The third-order valence-electron chi connectivity index (χ3n) is 1.71. The van der Waals surface area contributed by atoms with Gasteiger partial charge >= 0.3 is 0 Å². The summed E-state index contributed by atoms with van der Waals surface area (Å²) in [5.74, 6) is 0. The lowest BCUT2D eigenvalue weighted by Gasteiger charge is -2.21. The maximum absolute atomic E-state index is 11.2. The summed E-state index contributed by atoms with van der Waals surface area (Å²) in [6, 6.07) is 0. The lowest BCUT2D eigenvalue weighted by Crippen LogP contribution is -2.42. The predicted octanol–water partition coefficient (Wildman–Crippen LogP) is -0.161. The van der Waals surface area contributed by atoms with Gasteiger partial charge in [-0.15, -0.1) is 0 Å². The molecule has 0 amide bonds. The van der Waals surface area contributed by atoms with Gasteiger partial charge in [-0.3, -0.25) is 0 Å². The number of aliphatic hydroxyl groups is 1. The van der Waals surface area contributed by atoms with E-state index < -0.39 is 15.6 Å². The molecule has 3 N–H and O–H groups in total. The topological polar surface area (TPSA) is 78.4 Å². The van der Waals surface area contributed by atoms with Crippen molar-refractivity contribution < 1.29 is 13.5 Å². The molecule has 0 fully saturated rings. The Bertz CT molecular complexity index is 249. The van der Waals surface area contributed by atoms with Crippen LogP contribution in [0.4, 0.5) is 0 Å². The van der Waals surface area contributed by atoms with E-state index in [-0.39, 0.29) is 13.2 Å². The molecule has 14 heavy (non-hydrogen) atoms. The fourth-order valence-corrected chi connectivity index (χ4v) is 1.79. The number of aliphatic hydroxyl groups excluding tert-OH is 1. The van der Waals surface area contributed by atoms with Gasteiger partial charge in [0.1, 0.15) is 0 Å². The minimum Gasteiger partial charge on any atom is -0.396 e. The Balaban J connectivity index is 4.00. The smallest absolute Gasteiger partial charge is 0.276 e. The van der Waals surface area contributed by atoms with E-state index in [1.165, 1.54) is 0 Å². The first-order valence-electron chi connectivity index (χ1n) is 4.68. The van der Waals surface area contributed by atoms with E-state index in [1.807, 2.05) is 6.92 Å². The molecule has 0 unspecified atom stereocenters. The summed E-state index contributed by atoms with van der Waals surface area (Å²) < 4.78 is 27.3. The van der Waals surface area contributed by atoms with E-state index in [4.69, 9.17) is 5.11 Å². The molecule has 0 spiro atoms. The molecule has 0 aromatic rings. The normalized spacial score (nSPS) is 13.1. The van der Waals surface area contributed by atoms with Crippen LogP contribution in [0.15, 0.2) is 0 Å². The highest BCUT2D eigenvalue weighted by Gasteiger charge is 2.19. The molecular formula is C8H20N2O3S. The molecule has 0 aliphatic carbocycles. The van der Waals surface area contributed by atoms with Crippen LogP contribution in [0.3, 0.4) is 0 Å². The first kappa shape index (κ1) is 13.8. The molecule has 86 valence electrons. The molecule has 0 bridgehead atoms. The van der Waals surface area contributed by atoms with Crippen LogP contribution in [0.1, 0.15) is 27.2 Å². The van der Waals surface area contributed by atoms with Crippen LogP contribution < -0.4 is 9.44 Å². The summed E-state index contributed by atoms with van der Waals surface area (Å²) in [6.07, 6.45) is 0.754. The summed E-state index contributed by atoms with van der Waals surface area (Å²) in [7, 11) is -3.40. The molecule has 0 aromatic carbocycles. The number of hydrogen-bond acceptors (Lipinski definition) is 3. The Morgan fingerprint density at radius 1 is 1.29 bits per heavy atom. The van der Waals surface area contributed by atoms with E-state index in [9.17, 15) is 8.42 Å². The summed E-state index contributed by atoms with van der Waals surface area (Å²) >= 11 is 0. The van der Waals surface area contributed by atoms with Gasteiger partial charge in [-0.1, -0.05) is 20.8 Å². The van der Waals surface area contributed by atoms with E-state index in [1.54, 1.807) is 13.8 Å². The number of nitrogens with one attached hydrogen (secondary N) is 2. The first-order valence-corrected chi connectivity index (χ1v) is 6.16. The molecule has 0 aliphatic rings. The van der Waals surface area contributed by atoms with Gasteiger partial charge in [0.25, 0.3) is 10.2 Å². The molecule has 0 saturated heterocycles. The Labute approximate surface area is 86.1 Å². The van der Waals surface area contributed by atoms with Gasteiger partial charge in [0, 0.05) is 25.1 Å². The molecule has 0 aromatic heterocycles. The fourth-order valence-electron chi connectivity index (χ4n) is 0.634. The monoisotopic (exact) mass is 224 g/mol. The van der Waals surface area contributed by atoms with Crippen molar-refractivity contribution in [2.45, 2.75) is 27.2 Å². The van der Waals surface area contributed by atoms with Crippen molar-refractivity contribution in [3.8, 4) is 0 Å². The summed E-state index contributed by atoms with van der Waals surface area (Å²) in [4.78, 5) is 0. The van der Waals surface area contributed by atoms with Crippen LogP contribution in [-0.4, -0.2) is 33.2 Å². The Hall–Kier alpha value is -0.170. The third kappa shape index (κ3) is 6.31. The summed E-state index contributed by atoms with van der Waals surface area (Å²) in [5.41, 5.74) is -0.430. The summed E-state index contributed by atoms with van der Waals surface area (Å²) in [6.45, 7) is 6.06. The highest BCUT2D eigenvalue weighted by Crippen LogP contribution is 2.11. The standard InChI is InChI=1S/C8H20N2O3S/c1-4-5-9-14(12,13)10-6-8(2,3)7-11/h9-11H,4-7H2,1-3H3. The quantitative estimate of drug-likeness (QED) is 0.562. The minimum absolute atomic E-state index is 0.0523. The largest absolute Gasteiger partial charge is 0.396 e. The zero-order valence-corrected chi connectivity index (χ0v) is 9.82. The van der Waals surface area contributed by atoms with E-state index in [0.717, 1.165) is 6.42 Å². The molecule has 5 nitrogen and oxygen atoms in total. The van der Waals surface area contributed by atoms with Gasteiger partial charge in [0.15, 0.2) is 0 Å². The van der Waals surface area contributed by atoms with E-state index in [2.05, 4.69) is 9.44 Å². The van der Waals surface area contributed by atoms with Crippen LogP contribution in [0.5, 0.6) is 0 Å². The van der Waals surface area contributed by atoms with Crippen molar-refractivity contribution in [3.63, 3.8) is 0 Å². The number of hydrogen-bond donors (Lipinski definition) is 3. The lowest BCUT2D eigenvalue weighted by molar-refractivity contribution is 0.163. The second-order valence-corrected chi connectivity index (χ2v) is 5.63. The molecule has 0 radical (unpaired) electrons. The lowest BCUT2D eigenvalue weighted by atomic mass is 9.96. The minimum atomic E-state index is -3.40. The molecule has 6 heteroatoms. The second-order valence-electron chi connectivity index (χ2n) is 4.04. The molecule has 0 saturated carbocycles. The van der Waals surface area contributed by atoms with Crippen LogP contribution in [0.25, 0.3) is 0 Å². The molecule has 0 rings (SSSR count). The van der Waals surface area contributed by atoms with Crippen molar-refractivity contribution in [1.29, 1.82) is 0 Å². The van der Waals surface area contributed by atoms with Gasteiger partial charge in [-0.2, -0.15) is 8.42 Å². The zero-order valence-electron chi connectivity index (χ0n) is 9.00. The van der Waals surface area contributed by atoms with Crippen LogP contribution >= 0.6 is 0 Å². The van der Waals surface area contributed by atoms with Gasteiger partial charge < -0.3 is 5.11 Å². The van der Waals surface area contributed by atoms with Crippen molar-refractivity contribution >= 4 is 10.2 Å². The Morgan fingerprint density at radius 2 is 1.86 bits per heavy atom. The molecular weight excluding hydrogens is 204 g/mol. The van der Waals surface area contributed by atoms with Gasteiger partial charge in [-0.05, 0) is 6.42 Å². The average Bonchev–Trinajstić information content (AvgIpc) is 2.12. The van der Waals surface area contributed by atoms with Crippen LogP contribution in [0.2, 0.25) is 0 Å². The Kier molecular flexibility index (Phi) is 5.58. The van der Waals surface area contributed by atoms with Crippen LogP contribution in [-0.2, 0) is 10.2 Å². The third-order valence-corrected chi connectivity index (χ3v) is 2.82. The van der Waals surface area contributed by atoms with Crippen molar-refractivity contribution in [2.75, 3.05) is 19.7 Å². The SMILES string of the molecule is CCCNS(=O)(=O)NCC(C)(C)CO. The Morgan fingerprint density at radius 3 is 2.29 bits per heavy atom. The van der Waals surface area contributed by atoms with Crippen molar-refractivity contribution in [1.82, 2.24) is 9.44 Å². The van der Waals surface area contributed by atoms with Crippen molar-refractivity contribution in [3.05, 3.63) is 0 Å². The molecule has 0 aliphatic heterocycles. The maximum Gasteiger partial charge on any atom is 0.276 e. The van der Waals surface area contributed by atoms with Gasteiger partial charge in [0.2, 0.25) is 0 Å². The fraction of sp³-hybridized carbons (Fsp3) is 1.00. The maximum atomic E-state index is 11.2. The number of rotatable bonds is 7.